The molecule has 1 saturated carbocycles. The fourth-order valence-electron chi connectivity index (χ4n) is 1.05. The van der Waals surface area contributed by atoms with E-state index in [4.69, 9.17) is 0 Å². The Kier molecular flexibility index (Phi) is 2.79. The highest BCUT2D eigenvalue weighted by molar-refractivity contribution is 5.19. The number of hydrogen-bond donors (Lipinski definition) is 0. The van der Waals surface area contributed by atoms with Crippen LogP contribution in [-0.4, -0.2) is 9.97 Å². The van der Waals surface area contributed by atoms with Crippen LogP contribution in [0.25, 0.3) is 0 Å². The lowest BCUT2D eigenvalue weighted by Gasteiger charge is -2.03. The monoisotopic (exact) mass is 164 g/mol. The van der Waals surface area contributed by atoms with Crippen LogP contribution in [0.15, 0.2) is 18.6 Å². The highest BCUT2D eigenvalue weighted by Gasteiger charge is 2.40. The average molecular weight is 164 g/mol. The molecule has 0 spiro atoms. The van der Waals surface area contributed by atoms with Crippen LogP contribution in [0.5, 0.6) is 0 Å². The third kappa shape index (κ3) is 1.81. The molecule has 0 bridgehead atoms. The minimum absolute atomic E-state index is 0.369. The van der Waals surface area contributed by atoms with Gasteiger partial charge in [0.25, 0.3) is 0 Å². The maximum atomic E-state index is 4.25. The third-order valence-corrected chi connectivity index (χ3v) is 2.18. The molecule has 1 aliphatic rings. The van der Waals surface area contributed by atoms with Gasteiger partial charge >= 0.3 is 0 Å². The van der Waals surface area contributed by atoms with E-state index in [0.717, 1.165) is 5.69 Å². The summed E-state index contributed by atoms with van der Waals surface area (Å²) < 4.78 is 0. The van der Waals surface area contributed by atoms with Crippen molar-refractivity contribution in [3.8, 4) is 0 Å². The first-order valence-electron chi connectivity index (χ1n) is 4.58. The zero-order valence-electron chi connectivity index (χ0n) is 8.04. The zero-order valence-corrected chi connectivity index (χ0v) is 8.04. The quantitative estimate of drug-likeness (QED) is 0.637. The van der Waals surface area contributed by atoms with Gasteiger partial charge in [0.05, 0.1) is 5.69 Å². The van der Waals surface area contributed by atoms with E-state index in [1.54, 1.807) is 12.4 Å². The second-order valence-electron chi connectivity index (χ2n) is 3.15. The van der Waals surface area contributed by atoms with Crippen molar-refractivity contribution in [3.05, 3.63) is 24.3 Å². The van der Waals surface area contributed by atoms with E-state index >= 15 is 0 Å². The first-order valence-corrected chi connectivity index (χ1v) is 4.58. The largest absolute Gasteiger partial charge is 0.261 e. The topological polar surface area (TPSA) is 25.8 Å². The SMILES string of the molecule is CC.CC1(c2cnccn2)CC1. The van der Waals surface area contributed by atoms with Gasteiger partial charge in [0.1, 0.15) is 0 Å². The standard InChI is InChI=1S/C8H10N2.C2H6/c1-8(2-3-8)7-6-9-4-5-10-7;1-2/h4-6H,2-3H2,1H3;1-2H3. The minimum atomic E-state index is 0.369. The van der Waals surface area contributed by atoms with E-state index in [1.807, 2.05) is 20.0 Å². The maximum absolute atomic E-state index is 4.25. The Morgan fingerprint density at radius 1 is 1.25 bits per heavy atom. The summed E-state index contributed by atoms with van der Waals surface area (Å²) in [4.78, 5) is 8.28. The summed E-state index contributed by atoms with van der Waals surface area (Å²) in [6, 6.07) is 0. The van der Waals surface area contributed by atoms with E-state index in [0.29, 0.717) is 5.41 Å². The molecule has 2 heteroatoms. The second-order valence-corrected chi connectivity index (χ2v) is 3.15. The molecule has 0 amide bonds. The fourth-order valence-corrected chi connectivity index (χ4v) is 1.05. The Morgan fingerprint density at radius 3 is 2.33 bits per heavy atom. The summed E-state index contributed by atoms with van der Waals surface area (Å²) in [7, 11) is 0. The van der Waals surface area contributed by atoms with E-state index < -0.39 is 0 Å². The molecule has 0 unspecified atom stereocenters. The van der Waals surface area contributed by atoms with Crippen LogP contribution in [0, 0.1) is 0 Å². The predicted octanol–water partition coefficient (Wildman–Crippen LogP) is 2.55. The molecule has 66 valence electrons. The molecule has 1 heterocycles. The summed E-state index contributed by atoms with van der Waals surface area (Å²) >= 11 is 0. The van der Waals surface area contributed by atoms with E-state index in [2.05, 4.69) is 16.9 Å². The zero-order chi connectivity index (χ0) is 9.03. The van der Waals surface area contributed by atoms with Crippen LogP contribution in [0.3, 0.4) is 0 Å². The first kappa shape index (κ1) is 9.17. The molecule has 0 aliphatic heterocycles. The molecular weight excluding hydrogens is 148 g/mol. The summed E-state index contributed by atoms with van der Waals surface area (Å²) in [5, 5.41) is 0. The third-order valence-electron chi connectivity index (χ3n) is 2.18. The molecular formula is C10H16N2. The number of hydrogen-bond acceptors (Lipinski definition) is 2. The van der Waals surface area contributed by atoms with Crippen LogP contribution in [0.2, 0.25) is 0 Å². The molecule has 1 fully saturated rings. The maximum Gasteiger partial charge on any atom is 0.0645 e. The van der Waals surface area contributed by atoms with Crippen molar-refractivity contribution in [2.45, 2.75) is 39.0 Å². The summed E-state index contributed by atoms with van der Waals surface area (Å²) in [5.74, 6) is 0. The van der Waals surface area contributed by atoms with Crippen LogP contribution in [-0.2, 0) is 5.41 Å². The van der Waals surface area contributed by atoms with Gasteiger partial charge in [-0.25, -0.2) is 0 Å². The molecule has 0 saturated heterocycles. The fraction of sp³-hybridized carbons (Fsp3) is 0.600. The molecule has 1 aliphatic carbocycles. The van der Waals surface area contributed by atoms with Crippen LogP contribution >= 0.6 is 0 Å². The number of rotatable bonds is 1. The Hall–Kier alpha value is -0.920. The van der Waals surface area contributed by atoms with Gasteiger partial charge in [0.2, 0.25) is 0 Å². The highest BCUT2D eigenvalue weighted by atomic mass is 14.8. The molecule has 1 aromatic rings. The smallest absolute Gasteiger partial charge is 0.0645 e. The lowest BCUT2D eigenvalue weighted by molar-refractivity contribution is 0.742. The van der Waals surface area contributed by atoms with Gasteiger partial charge < -0.3 is 0 Å². The van der Waals surface area contributed by atoms with Crippen molar-refractivity contribution in [2.24, 2.45) is 0 Å². The van der Waals surface area contributed by atoms with Crippen LogP contribution in [0.1, 0.15) is 39.3 Å². The van der Waals surface area contributed by atoms with Crippen LogP contribution in [0.4, 0.5) is 0 Å². The van der Waals surface area contributed by atoms with Gasteiger partial charge in [-0.05, 0) is 12.8 Å². The van der Waals surface area contributed by atoms with Gasteiger partial charge in [-0.1, -0.05) is 20.8 Å². The molecule has 2 nitrogen and oxygen atoms in total. The Morgan fingerprint density at radius 2 is 1.92 bits per heavy atom. The van der Waals surface area contributed by atoms with Crippen molar-refractivity contribution in [1.82, 2.24) is 9.97 Å². The lowest BCUT2D eigenvalue weighted by Crippen LogP contribution is -2.02. The Labute approximate surface area is 74.1 Å². The average Bonchev–Trinajstić information content (AvgIpc) is 2.90. The number of aromatic nitrogens is 2. The molecule has 1 aromatic heterocycles. The summed E-state index contributed by atoms with van der Waals surface area (Å²) in [6.45, 7) is 6.23. The van der Waals surface area contributed by atoms with Crippen molar-refractivity contribution >= 4 is 0 Å². The number of nitrogens with zero attached hydrogens (tertiary/aromatic N) is 2. The van der Waals surface area contributed by atoms with E-state index in [1.165, 1.54) is 12.8 Å². The lowest BCUT2D eigenvalue weighted by atomic mass is 10.1. The Balaban J connectivity index is 0.000000336. The van der Waals surface area contributed by atoms with Gasteiger partial charge in [0, 0.05) is 24.0 Å². The predicted molar refractivity (Wildman–Crippen MR) is 50.0 cm³/mol. The molecule has 0 radical (unpaired) electrons. The van der Waals surface area contributed by atoms with Crippen molar-refractivity contribution in [1.29, 1.82) is 0 Å². The van der Waals surface area contributed by atoms with E-state index in [-0.39, 0.29) is 0 Å². The van der Waals surface area contributed by atoms with Crippen molar-refractivity contribution < 1.29 is 0 Å². The highest BCUT2D eigenvalue weighted by Crippen LogP contribution is 2.46. The van der Waals surface area contributed by atoms with Crippen LogP contribution < -0.4 is 0 Å². The van der Waals surface area contributed by atoms with Gasteiger partial charge in [0.15, 0.2) is 0 Å². The molecule has 0 N–H and O–H groups in total. The van der Waals surface area contributed by atoms with Gasteiger partial charge in [-0.2, -0.15) is 0 Å². The molecule has 0 atom stereocenters. The molecule has 12 heavy (non-hydrogen) atoms. The molecule has 2 rings (SSSR count). The molecule has 0 aromatic carbocycles. The van der Waals surface area contributed by atoms with Crippen molar-refractivity contribution in [2.75, 3.05) is 0 Å². The summed E-state index contributed by atoms with van der Waals surface area (Å²) in [6.07, 6.45) is 7.89. The van der Waals surface area contributed by atoms with Gasteiger partial charge in [-0.3, -0.25) is 9.97 Å². The first-order chi connectivity index (χ1) is 5.81. The minimum Gasteiger partial charge on any atom is -0.261 e. The second kappa shape index (κ2) is 3.65. The summed E-state index contributed by atoms with van der Waals surface area (Å²) in [5.41, 5.74) is 1.52. The van der Waals surface area contributed by atoms with E-state index in [9.17, 15) is 0 Å². The normalized spacial score (nSPS) is 17.6. The Bertz CT molecular complexity index is 227. The van der Waals surface area contributed by atoms with Gasteiger partial charge in [-0.15, -0.1) is 0 Å². The van der Waals surface area contributed by atoms with Crippen molar-refractivity contribution in [3.63, 3.8) is 0 Å².